The van der Waals surface area contributed by atoms with E-state index in [0.717, 1.165) is 49.7 Å². The maximum atomic E-state index is 9.06. The van der Waals surface area contributed by atoms with Gasteiger partial charge in [0, 0.05) is 11.1 Å². The monoisotopic (exact) mass is 565 g/mol. The number of fused-ring (bicyclic) bond motifs is 1. The Hall–Kier alpha value is -5.93. The lowest BCUT2D eigenvalue weighted by molar-refractivity contribution is 1.42. The summed E-state index contributed by atoms with van der Waals surface area (Å²) >= 11 is 0. The van der Waals surface area contributed by atoms with Crippen molar-refractivity contribution in [3.63, 3.8) is 0 Å². The van der Waals surface area contributed by atoms with E-state index in [2.05, 4.69) is 24.3 Å². The lowest BCUT2D eigenvalue weighted by Gasteiger charge is -2.14. The summed E-state index contributed by atoms with van der Waals surface area (Å²) in [5, 5.41) is 20.0. The van der Waals surface area contributed by atoms with Gasteiger partial charge in [0.2, 0.25) is 0 Å². The van der Waals surface area contributed by atoms with Gasteiger partial charge < -0.3 is 5.41 Å². The third kappa shape index (κ3) is 6.59. The normalized spacial score (nSPS) is 12.0. The summed E-state index contributed by atoms with van der Waals surface area (Å²) in [6, 6.07) is 52.3. The zero-order valence-electron chi connectivity index (χ0n) is 24.2. The molecule has 0 unspecified atom stereocenters. The van der Waals surface area contributed by atoms with Crippen molar-refractivity contribution < 1.29 is 0 Å². The van der Waals surface area contributed by atoms with Crippen LogP contribution in [0.2, 0.25) is 0 Å². The number of hydrogen-bond acceptors (Lipinski definition) is 2. The summed E-state index contributed by atoms with van der Waals surface area (Å²) in [6.45, 7) is 0. The summed E-state index contributed by atoms with van der Waals surface area (Å²) in [5.74, 6) is 0.181. The van der Waals surface area contributed by atoms with Gasteiger partial charge in [0.15, 0.2) is 5.84 Å². The fourth-order valence-corrected chi connectivity index (χ4v) is 5.17. The zero-order chi connectivity index (χ0) is 30.1. The van der Waals surface area contributed by atoms with E-state index < -0.39 is 0 Å². The third-order valence-electron chi connectivity index (χ3n) is 7.44. The smallest absolute Gasteiger partial charge is 0.152 e. The molecular formula is C41H31N3. The molecule has 0 aliphatic carbocycles. The molecular weight excluding hydrogens is 534 g/mol. The molecule has 0 heterocycles. The van der Waals surface area contributed by atoms with Crippen molar-refractivity contribution >= 4 is 39.7 Å². The van der Waals surface area contributed by atoms with Crippen molar-refractivity contribution in [2.75, 3.05) is 0 Å². The molecule has 0 saturated carbocycles. The molecule has 0 aliphatic heterocycles. The molecule has 0 fully saturated rings. The fraction of sp³-hybridized carbons (Fsp3) is 0. The van der Waals surface area contributed by atoms with Crippen LogP contribution in [0.3, 0.4) is 0 Å². The number of nitrogens with zero attached hydrogens (tertiary/aromatic N) is 1. The van der Waals surface area contributed by atoms with Crippen molar-refractivity contribution in [1.82, 2.24) is 0 Å². The Balaban J connectivity index is 1.44. The van der Waals surface area contributed by atoms with E-state index in [0.29, 0.717) is 11.4 Å². The number of aliphatic imine (C=N–C) groups is 1. The number of amidine groups is 1. The molecule has 2 N–H and O–H groups in total. The minimum absolute atomic E-state index is 0.181. The van der Waals surface area contributed by atoms with Crippen LogP contribution in [0.5, 0.6) is 0 Å². The average molecular weight is 566 g/mol. The van der Waals surface area contributed by atoms with Crippen molar-refractivity contribution in [2.24, 2.45) is 4.99 Å². The molecule has 0 aromatic heterocycles. The number of nitrogens with one attached hydrogen (secondary N) is 2. The molecule has 0 aliphatic rings. The molecule has 44 heavy (non-hydrogen) atoms. The van der Waals surface area contributed by atoms with Crippen molar-refractivity contribution in [2.45, 2.75) is 0 Å². The van der Waals surface area contributed by atoms with Gasteiger partial charge in [-0.2, -0.15) is 0 Å². The number of rotatable bonds is 8. The molecule has 0 radical (unpaired) electrons. The minimum Gasteiger partial charge on any atom is -0.300 e. The molecule has 0 bridgehead atoms. The lowest BCUT2D eigenvalue weighted by Crippen LogP contribution is -2.04. The second-order valence-corrected chi connectivity index (χ2v) is 10.4. The first-order valence-electron chi connectivity index (χ1n) is 14.6. The van der Waals surface area contributed by atoms with E-state index in [1.165, 1.54) is 0 Å². The SMILES string of the molecule is N=C(/C=C(/c1ccccc1)c1cccc2ccc(C(=N)N=C(/C=C/c3ccccc3)c3ccccc3)cc12)c1ccccc1. The molecule has 0 spiro atoms. The highest BCUT2D eigenvalue weighted by atomic mass is 14.8. The van der Waals surface area contributed by atoms with Gasteiger partial charge in [-0.25, -0.2) is 4.99 Å². The maximum absolute atomic E-state index is 9.06. The van der Waals surface area contributed by atoms with Crippen LogP contribution in [0.15, 0.2) is 175 Å². The van der Waals surface area contributed by atoms with Gasteiger partial charge in [-0.05, 0) is 56.8 Å². The Labute approximate surface area is 258 Å². The fourth-order valence-electron chi connectivity index (χ4n) is 5.17. The predicted molar refractivity (Wildman–Crippen MR) is 186 cm³/mol. The van der Waals surface area contributed by atoms with Gasteiger partial charge in [0.05, 0.1) is 11.4 Å². The zero-order valence-corrected chi connectivity index (χ0v) is 24.2. The van der Waals surface area contributed by atoms with Gasteiger partial charge in [0.1, 0.15) is 0 Å². The van der Waals surface area contributed by atoms with E-state index in [1.807, 2.05) is 152 Å². The molecule has 0 saturated heterocycles. The first-order valence-corrected chi connectivity index (χ1v) is 14.6. The predicted octanol–water partition coefficient (Wildman–Crippen LogP) is 9.87. The Bertz CT molecular complexity index is 2000. The summed E-state index contributed by atoms with van der Waals surface area (Å²) in [4.78, 5) is 4.82. The highest BCUT2D eigenvalue weighted by molar-refractivity contribution is 6.18. The van der Waals surface area contributed by atoms with E-state index in [1.54, 1.807) is 0 Å². The van der Waals surface area contributed by atoms with Crippen LogP contribution in [0.1, 0.15) is 33.4 Å². The van der Waals surface area contributed by atoms with Gasteiger partial charge in [-0.1, -0.05) is 158 Å². The van der Waals surface area contributed by atoms with Gasteiger partial charge in [0.25, 0.3) is 0 Å². The van der Waals surface area contributed by atoms with Crippen LogP contribution in [0.4, 0.5) is 0 Å². The van der Waals surface area contributed by atoms with Crippen LogP contribution in [0.25, 0.3) is 22.4 Å². The van der Waals surface area contributed by atoms with E-state index in [-0.39, 0.29) is 5.84 Å². The largest absolute Gasteiger partial charge is 0.300 e. The molecule has 6 rings (SSSR count). The van der Waals surface area contributed by atoms with Gasteiger partial charge in [-0.3, -0.25) is 5.41 Å². The van der Waals surface area contributed by atoms with Crippen LogP contribution >= 0.6 is 0 Å². The third-order valence-corrected chi connectivity index (χ3v) is 7.44. The molecule has 6 aromatic rings. The standard InChI is InChI=1S/C41H31N3/c42-39(33-18-9-3-10-19-33)29-38(31-16-7-2-8-17-31)36-23-13-22-32-25-26-35(28-37(32)36)41(43)44-40(34-20-11-4-12-21-34)27-24-30-14-5-1-6-15-30/h1-29,42-43H/b27-24+,38-29-,42-39?,43-41?,44-40?. The Morgan fingerprint density at radius 3 is 1.77 bits per heavy atom. The Morgan fingerprint density at radius 2 is 1.11 bits per heavy atom. The second-order valence-electron chi connectivity index (χ2n) is 10.4. The highest BCUT2D eigenvalue weighted by Gasteiger charge is 2.13. The summed E-state index contributed by atoms with van der Waals surface area (Å²) in [7, 11) is 0. The Morgan fingerprint density at radius 1 is 0.523 bits per heavy atom. The lowest BCUT2D eigenvalue weighted by atomic mass is 9.90. The van der Waals surface area contributed by atoms with E-state index in [9.17, 15) is 0 Å². The summed E-state index contributed by atoms with van der Waals surface area (Å²) in [6.07, 6.45) is 5.94. The first-order chi connectivity index (χ1) is 21.7. The Kier molecular flexibility index (Phi) is 8.57. The minimum atomic E-state index is 0.181. The van der Waals surface area contributed by atoms with Crippen LogP contribution in [-0.4, -0.2) is 17.3 Å². The van der Waals surface area contributed by atoms with Crippen LogP contribution in [-0.2, 0) is 0 Å². The van der Waals surface area contributed by atoms with E-state index in [4.69, 9.17) is 15.8 Å². The average Bonchev–Trinajstić information content (AvgIpc) is 3.10. The number of allylic oxidation sites excluding steroid dienone is 2. The quantitative estimate of drug-likeness (QED) is 0.136. The first kappa shape index (κ1) is 28.2. The van der Waals surface area contributed by atoms with Gasteiger partial charge >= 0.3 is 0 Å². The number of benzene rings is 6. The topological polar surface area (TPSA) is 60.1 Å². The highest BCUT2D eigenvalue weighted by Crippen LogP contribution is 2.31. The molecule has 0 atom stereocenters. The summed E-state index contributed by atoms with van der Waals surface area (Å²) in [5.41, 5.74) is 7.72. The maximum Gasteiger partial charge on any atom is 0.152 e. The van der Waals surface area contributed by atoms with E-state index >= 15 is 0 Å². The van der Waals surface area contributed by atoms with Crippen molar-refractivity contribution in [3.05, 3.63) is 203 Å². The summed E-state index contributed by atoms with van der Waals surface area (Å²) < 4.78 is 0. The van der Waals surface area contributed by atoms with Crippen molar-refractivity contribution in [3.8, 4) is 0 Å². The van der Waals surface area contributed by atoms with Gasteiger partial charge in [-0.15, -0.1) is 0 Å². The second kappa shape index (κ2) is 13.4. The molecule has 3 nitrogen and oxygen atoms in total. The van der Waals surface area contributed by atoms with Crippen LogP contribution in [0, 0.1) is 10.8 Å². The number of hydrogen-bond donors (Lipinski definition) is 2. The van der Waals surface area contributed by atoms with Crippen LogP contribution < -0.4 is 0 Å². The molecule has 3 heteroatoms. The van der Waals surface area contributed by atoms with Crippen molar-refractivity contribution in [1.29, 1.82) is 10.8 Å². The molecule has 210 valence electrons. The molecule has 6 aromatic carbocycles. The molecule has 0 amide bonds.